The third-order valence-corrected chi connectivity index (χ3v) is 12.2. The number of piperidine rings is 1. The van der Waals surface area contributed by atoms with Gasteiger partial charge in [0.15, 0.2) is 5.17 Å². The Bertz CT molecular complexity index is 1890. The number of carbonyl (C=O) groups is 1. The Hall–Kier alpha value is -3.99. The lowest BCUT2D eigenvalue weighted by Gasteiger charge is -2.32. The summed E-state index contributed by atoms with van der Waals surface area (Å²) in [6, 6.07) is 27.4. The van der Waals surface area contributed by atoms with Crippen LogP contribution in [0.4, 0.5) is 0 Å². The molecule has 4 heterocycles. The average Bonchev–Trinajstić information content (AvgIpc) is 3.57. The van der Waals surface area contributed by atoms with E-state index < -0.39 is 10.0 Å². The van der Waals surface area contributed by atoms with Gasteiger partial charge in [-0.25, -0.2) is 13.1 Å². The zero-order valence-electron chi connectivity index (χ0n) is 26.4. The smallest absolute Gasteiger partial charge is 0.286 e. The first-order valence-electron chi connectivity index (χ1n) is 16.5. The molecular weight excluding hydrogens is 627 g/mol. The van der Waals surface area contributed by atoms with E-state index in [2.05, 4.69) is 40.2 Å². The van der Waals surface area contributed by atoms with Crippen molar-refractivity contribution in [1.82, 2.24) is 19.0 Å². The maximum Gasteiger partial charge on any atom is 0.286 e. The van der Waals surface area contributed by atoms with Crippen LogP contribution in [0, 0.1) is 5.92 Å². The fourth-order valence-corrected chi connectivity index (χ4v) is 9.13. The Morgan fingerprint density at radius 3 is 2.26 bits per heavy atom. The fraction of sp³-hybridized carbons (Fsp3) is 0.324. The maximum atomic E-state index is 13.7. The van der Waals surface area contributed by atoms with Gasteiger partial charge in [-0.2, -0.15) is 14.4 Å². The summed E-state index contributed by atoms with van der Waals surface area (Å²) in [5.41, 5.74) is 4.26. The predicted octanol–water partition coefficient (Wildman–Crippen LogP) is 7.03. The van der Waals surface area contributed by atoms with Gasteiger partial charge in [0.2, 0.25) is 10.0 Å². The number of aromatic nitrogens is 2. The molecule has 0 aliphatic carbocycles. The van der Waals surface area contributed by atoms with Crippen LogP contribution in [0.3, 0.4) is 0 Å². The molecular formula is C37H39N5O3S2. The molecule has 2 saturated heterocycles. The largest absolute Gasteiger partial charge is 0.351 e. The summed E-state index contributed by atoms with van der Waals surface area (Å²) in [7, 11) is -3.65. The van der Waals surface area contributed by atoms with E-state index in [9.17, 15) is 13.2 Å². The number of amidine groups is 1. The SMILES string of the molecule is O=C1N=C(N2CCC(Cc3ccccc3)CC2)SC1=Cc1cn(-c2ccccc2)nc1-c1cccc(S(=O)(=O)N2CCCCCC2)c1. The van der Waals surface area contributed by atoms with Crippen LogP contribution in [0.25, 0.3) is 23.0 Å². The van der Waals surface area contributed by atoms with Crippen molar-refractivity contribution in [3.63, 3.8) is 0 Å². The molecule has 7 rings (SSSR count). The highest BCUT2D eigenvalue weighted by molar-refractivity contribution is 8.18. The highest BCUT2D eigenvalue weighted by Crippen LogP contribution is 2.35. The summed E-state index contributed by atoms with van der Waals surface area (Å²) in [5.74, 6) is 0.365. The van der Waals surface area contributed by atoms with E-state index in [0.717, 1.165) is 74.5 Å². The Kier molecular flexibility index (Phi) is 9.42. The monoisotopic (exact) mass is 665 g/mol. The van der Waals surface area contributed by atoms with Crippen LogP contribution < -0.4 is 0 Å². The summed E-state index contributed by atoms with van der Waals surface area (Å²) >= 11 is 1.41. The fourth-order valence-electron chi connectivity index (χ4n) is 6.62. The minimum Gasteiger partial charge on any atom is -0.351 e. The summed E-state index contributed by atoms with van der Waals surface area (Å²) < 4.78 is 30.7. The van der Waals surface area contributed by atoms with Crippen molar-refractivity contribution in [2.24, 2.45) is 10.9 Å². The van der Waals surface area contributed by atoms with Crippen LogP contribution in [0.5, 0.6) is 0 Å². The van der Waals surface area contributed by atoms with Crippen LogP contribution in [0.15, 0.2) is 106 Å². The van der Waals surface area contributed by atoms with E-state index in [1.54, 1.807) is 27.2 Å². The minimum absolute atomic E-state index is 0.257. The van der Waals surface area contributed by atoms with Gasteiger partial charge in [0.1, 0.15) is 5.69 Å². The summed E-state index contributed by atoms with van der Waals surface area (Å²) in [6.07, 6.45) is 10.8. The molecule has 0 N–H and O–H groups in total. The Morgan fingerprint density at radius 1 is 0.830 bits per heavy atom. The Morgan fingerprint density at radius 2 is 1.53 bits per heavy atom. The average molecular weight is 666 g/mol. The second-order valence-corrected chi connectivity index (χ2v) is 15.4. The number of amides is 1. The number of likely N-dealkylation sites (tertiary alicyclic amines) is 1. The van der Waals surface area contributed by atoms with Crippen LogP contribution in [0.2, 0.25) is 0 Å². The molecule has 3 aliphatic heterocycles. The topological polar surface area (TPSA) is 87.9 Å². The highest BCUT2D eigenvalue weighted by Gasteiger charge is 2.30. The molecule has 3 aliphatic rings. The molecule has 4 aromatic rings. The molecule has 1 aromatic heterocycles. The molecule has 0 atom stereocenters. The van der Waals surface area contributed by atoms with E-state index in [0.29, 0.717) is 35.2 Å². The van der Waals surface area contributed by atoms with E-state index >= 15 is 0 Å². The molecule has 0 spiro atoms. The zero-order chi connectivity index (χ0) is 32.2. The number of thioether (sulfide) groups is 1. The summed E-state index contributed by atoms with van der Waals surface area (Å²) in [5, 5.41) is 5.67. The molecule has 0 saturated carbocycles. The number of rotatable bonds is 7. The third-order valence-electron chi connectivity index (χ3n) is 9.22. The molecule has 10 heteroatoms. The molecule has 3 aromatic carbocycles. The molecule has 242 valence electrons. The lowest BCUT2D eigenvalue weighted by atomic mass is 9.90. The highest BCUT2D eigenvalue weighted by atomic mass is 32.2. The number of carbonyl (C=O) groups excluding carboxylic acids is 1. The van der Waals surface area contributed by atoms with Gasteiger partial charge >= 0.3 is 0 Å². The standard InChI is InChI=1S/C37H39N5O3S2/c43-36-34(46-37(38-36)40-22-18-29(19-23-40)24-28-12-5-3-6-13-28)26-31-27-42(32-15-7-4-8-16-32)39-35(31)30-14-11-17-33(25-30)47(44,45)41-20-9-1-2-10-21-41/h3-8,11-17,25-27,29H,1-2,9-10,18-24H2. The summed E-state index contributed by atoms with van der Waals surface area (Å²) in [6.45, 7) is 2.83. The lowest BCUT2D eigenvalue weighted by molar-refractivity contribution is -0.113. The second kappa shape index (κ2) is 14.0. The molecule has 2 fully saturated rings. The van der Waals surface area contributed by atoms with Crippen molar-refractivity contribution in [3.8, 4) is 16.9 Å². The summed E-state index contributed by atoms with van der Waals surface area (Å²) in [4.78, 5) is 20.7. The molecule has 0 radical (unpaired) electrons. The third kappa shape index (κ3) is 7.15. The quantitative estimate of drug-likeness (QED) is 0.197. The molecule has 47 heavy (non-hydrogen) atoms. The van der Waals surface area contributed by atoms with Crippen molar-refractivity contribution < 1.29 is 13.2 Å². The second-order valence-electron chi connectivity index (χ2n) is 12.5. The number of benzene rings is 3. The van der Waals surface area contributed by atoms with Crippen LogP contribution in [-0.2, 0) is 21.2 Å². The van der Waals surface area contributed by atoms with Crippen molar-refractivity contribution >= 4 is 38.9 Å². The maximum absolute atomic E-state index is 13.7. The number of hydrogen-bond donors (Lipinski definition) is 0. The van der Waals surface area contributed by atoms with E-state index in [1.807, 2.05) is 48.7 Å². The lowest BCUT2D eigenvalue weighted by Crippen LogP contribution is -2.37. The number of para-hydroxylation sites is 1. The Balaban J connectivity index is 1.14. The van der Waals surface area contributed by atoms with Crippen molar-refractivity contribution in [3.05, 3.63) is 107 Å². The van der Waals surface area contributed by atoms with Gasteiger partial charge in [0.05, 0.1) is 15.5 Å². The van der Waals surface area contributed by atoms with E-state index in [-0.39, 0.29) is 10.8 Å². The first kappa shape index (κ1) is 31.6. The normalized spacial score (nSPS) is 19.2. The van der Waals surface area contributed by atoms with E-state index in [4.69, 9.17) is 5.10 Å². The van der Waals surface area contributed by atoms with Crippen molar-refractivity contribution in [2.75, 3.05) is 26.2 Å². The Labute approximate surface area is 281 Å². The molecule has 0 unspecified atom stereocenters. The van der Waals surface area contributed by atoms with Gasteiger partial charge in [0.25, 0.3) is 5.91 Å². The molecule has 1 amide bonds. The number of nitrogens with zero attached hydrogens (tertiary/aromatic N) is 5. The molecule has 0 bridgehead atoms. The van der Waals surface area contributed by atoms with Gasteiger partial charge in [-0.1, -0.05) is 73.5 Å². The number of aliphatic imine (C=N–C) groups is 1. The van der Waals surface area contributed by atoms with Crippen LogP contribution in [0.1, 0.15) is 49.7 Å². The predicted molar refractivity (Wildman–Crippen MR) is 189 cm³/mol. The first-order chi connectivity index (χ1) is 22.9. The van der Waals surface area contributed by atoms with Crippen molar-refractivity contribution in [1.29, 1.82) is 0 Å². The van der Waals surface area contributed by atoms with Gasteiger partial charge in [0, 0.05) is 43.5 Å². The number of sulfonamides is 1. The number of hydrogen-bond acceptors (Lipinski definition) is 6. The van der Waals surface area contributed by atoms with Crippen LogP contribution in [-0.4, -0.2) is 64.7 Å². The van der Waals surface area contributed by atoms with Crippen molar-refractivity contribution in [2.45, 2.75) is 49.8 Å². The zero-order valence-corrected chi connectivity index (χ0v) is 28.0. The first-order valence-corrected chi connectivity index (χ1v) is 18.8. The van der Waals surface area contributed by atoms with Gasteiger partial charge < -0.3 is 4.90 Å². The van der Waals surface area contributed by atoms with Gasteiger partial charge in [-0.3, -0.25) is 4.79 Å². The van der Waals surface area contributed by atoms with Gasteiger partial charge in [-0.05, 0) is 85.7 Å². The molecule has 8 nitrogen and oxygen atoms in total. The minimum atomic E-state index is -3.65. The van der Waals surface area contributed by atoms with Gasteiger partial charge in [-0.15, -0.1) is 0 Å². The van der Waals surface area contributed by atoms with Crippen LogP contribution >= 0.6 is 11.8 Å². The van der Waals surface area contributed by atoms with E-state index in [1.165, 1.54) is 17.3 Å².